The van der Waals surface area contributed by atoms with E-state index < -0.39 is 5.97 Å². The third-order valence-electron chi connectivity index (χ3n) is 8.62. The van der Waals surface area contributed by atoms with Crippen molar-refractivity contribution in [1.82, 2.24) is 40.6 Å². The van der Waals surface area contributed by atoms with Crippen molar-refractivity contribution in [2.75, 3.05) is 19.6 Å². The van der Waals surface area contributed by atoms with Crippen molar-refractivity contribution >= 4 is 33.9 Å². The predicted octanol–water partition coefficient (Wildman–Crippen LogP) is 4.18. The highest BCUT2D eigenvalue weighted by atomic mass is 16.4. The van der Waals surface area contributed by atoms with Gasteiger partial charge in [0, 0.05) is 23.7 Å². The number of fused-ring (bicyclic) bond motifs is 5. The number of pyridine rings is 2. The lowest BCUT2D eigenvalue weighted by Crippen LogP contribution is -2.57. The molecule has 0 aliphatic carbocycles. The van der Waals surface area contributed by atoms with Crippen LogP contribution < -0.4 is 5.32 Å². The molecular formula is C33H30N8O5. The number of hydrogen-bond acceptors (Lipinski definition) is 9. The van der Waals surface area contributed by atoms with E-state index in [1.165, 1.54) is 24.4 Å². The van der Waals surface area contributed by atoms with Crippen LogP contribution in [0, 0.1) is 5.92 Å². The largest absolute Gasteiger partial charge is 0.508 e. The molecule has 13 heteroatoms. The zero-order valence-corrected chi connectivity index (χ0v) is 24.5. The SMILES string of the molecule is O=C(N[C@H]1CN2CCC1CC2)c1cc(-c2ccc(O)cc2)nc2[nH]ncc12.O=C(O)c1cc(-c2ccc(O)cc2)nc2[nH]ncc12. The number of carboxylic acids is 1. The van der Waals surface area contributed by atoms with Gasteiger partial charge in [-0.2, -0.15) is 10.2 Å². The summed E-state index contributed by atoms with van der Waals surface area (Å²) in [5, 5.41) is 45.8. The smallest absolute Gasteiger partial charge is 0.336 e. The van der Waals surface area contributed by atoms with Gasteiger partial charge in [0.1, 0.15) is 11.5 Å². The first-order chi connectivity index (χ1) is 22.3. The van der Waals surface area contributed by atoms with E-state index in [4.69, 9.17) is 0 Å². The molecule has 3 aliphatic heterocycles. The van der Waals surface area contributed by atoms with Crippen molar-refractivity contribution in [3.05, 3.63) is 84.2 Å². The van der Waals surface area contributed by atoms with Crippen LogP contribution in [0.3, 0.4) is 0 Å². The van der Waals surface area contributed by atoms with E-state index in [0.29, 0.717) is 39.5 Å². The maximum atomic E-state index is 13.1. The highest BCUT2D eigenvalue weighted by Gasteiger charge is 2.35. The quantitative estimate of drug-likeness (QED) is 0.163. The second-order valence-corrected chi connectivity index (χ2v) is 11.5. The van der Waals surface area contributed by atoms with Gasteiger partial charge in [-0.3, -0.25) is 15.0 Å². The van der Waals surface area contributed by atoms with E-state index in [2.05, 4.69) is 40.6 Å². The Balaban J connectivity index is 0.000000157. The number of benzene rings is 2. The number of H-pyrrole nitrogens is 2. The number of phenolic OH excluding ortho intramolecular Hbond substituents is 2. The number of aromatic nitrogens is 6. The molecule has 0 saturated carbocycles. The van der Waals surface area contributed by atoms with Crippen LogP contribution in [0.25, 0.3) is 44.6 Å². The number of aromatic amines is 2. The number of carboxylic acid groups (broad SMARTS) is 1. The van der Waals surface area contributed by atoms with Crippen molar-refractivity contribution < 1.29 is 24.9 Å². The minimum atomic E-state index is -1.03. The normalized spacial score (nSPS) is 18.7. The number of carbonyl (C=O) groups is 2. The molecule has 46 heavy (non-hydrogen) atoms. The molecule has 1 atom stereocenters. The minimum absolute atomic E-state index is 0.0809. The zero-order valence-electron chi connectivity index (χ0n) is 24.5. The Labute approximate surface area is 261 Å². The molecule has 4 aromatic heterocycles. The van der Waals surface area contributed by atoms with Gasteiger partial charge in [0.25, 0.3) is 5.91 Å². The van der Waals surface area contributed by atoms with Crippen LogP contribution in [0.15, 0.2) is 73.1 Å². The lowest BCUT2D eigenvalue weighted by molar-refractivity contribution is 0.0621. The lowest BCUT2D eigenvalue weighted by atomic mass is 9.84. The highest BCUT2D eigenvalue weighted by molar-refractivity contribution is 6.06. The number of nitrogens with one attached hydrogen (secondary N) is 3. The molecule has 7 heterocycles. The monoisotopic (exact) mass is 618 g/mol. The maximum absolute atomic E-state index is 13.1. The average Bonchev–Trinajstić information content (AvgIpc) is 3.75. The summed E-state index contributed by atoms with van der Waals surface area (Å²) in [6.45, 7) is 3.22. The topological polar surface area (TPSA) is 193 Å². The molecule has 0 unspecified atom stereocenters. The predicted molar refractivity (Wildman–Crippen MR) is 169 cm³/mol. The van der Waals surface area contributed by atoms with Gasteiger partial charge >= 0.3 is 5.97 Å². The van der Waals surface area contributed by atoms with E-state index in [-0.39, 0.29) is 29.0 Å². The molecule has 0 radical (unpaired) electrons. The second-order valence-electron chi connectivity index (χ2n) is 11.5. The molecule has 3 aliphatic rings. The van der Waals surface area contributed by atoms with Crippen molar-refractivity contribution in [2.45, 2.75) is 18.9 Å². The van der Waals surface area contributed by atoms with Crippen molar-refractivity contribution in [1.29, 1.82) is 0 Å². The van der Waals surface area contributed by atoms with E-state index in [1.54, 1.807) is 48.7 Å². The molecule has 6 N–H and O–H groups in total. The maximum Gasteiger partial charge on any atom is 0.336 e. The molecule has 6 aromatic rings. The molecule has 2 aromatic carbocycles. The summed E-state index contributed by atoms with van der Waals surface area (Å²) in [6, 6.07) is 16.7. The van der Waals surface area contributed by atoms with Crippen molar-refractivity contribution in [2.24, 2.45) is 5.92 Å². The molecule has 2 bridgehead atoms. The Hall–Kier alpha value is -5.82. The number of aromatic carboxylic acids is 1. The number of nitrogens with zero attached hydrogens (tertiary/aromatic N) is 5. The molecule has 9 rings (SSSR count). The Bertz CT molecular complexity index is 2050. The van der Waals surface area contributed by atoms with Crippen LogP contribution >= 0.6 is 0 Å². The summed E-state index contributed by atoms with van der Waals surface area (Å²) in [6.07, 6.45) is 5.39. The molecule has 13 nitrogen and oxygen atoms in total. The fraction of sp³-hybridized carbons (Fsp3) is 0.212. The fourth-order valence-electron chi connectivity index (χ4n) is 6.16. The van der Waals surface area contributed by atoms with Crippen molar-refractivity contribution in [3.8, 4) is 34.0 Å². The van der Waals surface area contributed by atoms with Gasteiger partial charge in [0.15, 0.2) is 11.3 Å². The van der Waals surface area contributed by atoms with Gasteiger partial charge in [0.05, 0.1) is 45.7 Å². The third kappa shape index (κ3) is 5.71. The van der Waals surface area contributed by atoms with Gasteiger partial charge < -0.3 is 25.5 Å². The van der Waals surface area contributed by atoms with E-state index in [9.17, 15) is 24.9 Å². The summed E-state index contributed by atoms with van der Waals surface area (Å²) in [7, 11) is 0. The first kappa shape index (κ1) is 28.9. The number of amides is 1. The van der Waals surface area contributed by atoms with Crippen LogP contribution in [0.2, 0.25) is 0 Å². The summed E-state index contributed by atoms with van der Waals surface area (Å²) >= 11 is 0. The number of phenols is 2. The lowest BCUT2D eigenvalue weighted by Gasteiger charge is -2.44. The van der Waals surface area contributed by atoms with Gasteiger partial charge in [-0.1, -0.05) is 0 Å². The number of rotatable bonds is 5. The molecule has 3 fully saturated rings. The summed E-state index contributed by atoms with van der Waals surface area (Å²) < 4.78 is 0. The van der Waals surface area contributed by atoms with Gasteiger partial charge in [-0.25, -0.2) is 14.8 Å². The molecular weight excluding hydrogens is 588 g/mol. The molecule has 232 valence electrons. The average molecular weight is 619 g/mol. The zero-order chi connectivity index (χ0) is 31.8. The first-order valence-electron chi connectivity index (χ1n) is 14.9. The fourth-order valence-corrected chi connectivity index (χ4v) is 6.16. The third-order valence-corrected chi connectivity index (χ3v) is 8.62. The summed E-state index contributed by atoms with van der Waals surface area (Å²) in [4.78, 5) is 35.7. The molecule has 0 spiro atoms. The number of carbonyl (C=O) groups excluding carboxylic acids is 1. The van der Waals surface area contributed by atoms with Crippen LogP contribution in [-0.2, 0) is 0 Å². The van der Waals surface area contributed by atoms with Gasteiger partial charge in [-0.15, -0.1) is 0 Å². The second kappa shape index (κ2) is 11.9. The van der Waals surface area contributed by atoms with E-state index >= 15 is 0 Å². The van der Waals surface area contributed by atoms with E-state index in [0.717, 1.165) is 49.0 Å². The standard InChI is InChI=1S/C20H21N5O2.C13H9N3O3/c26-14-3-1-12(2-4-14)17-9-15(16-10-21-24-19(16)22-17)20(27)23-18-11-25-7-5-13(18)6-8-25;17-8-3-1-7(2-4-8)11-5-9(13(18)19)10-6-14-16-12(10)15-11/h1-4,9-10,13,18,26H,5-8,11H2,(H,23,27)(H,21,22,24);1-6,17H,(H,18,19)(H,14,15,16)/t18-;/m0./s1. The summed E-state index contributed by atoms with van der Waals surface area (Å²) in [5.74, 6) is -0.208. The number of aromatic hydroxyl groups is 2. The Morgan fingerprint density at radius 3 is 1.74 bits per heavy atom. The Morgan fingerprint density at radius 2 is 1.26 bits per heavy atom. The van der Waals surface area contributed by atoms with Gasteiger partial charge in [0.2, 0.25) is 0 Å². The van der Waals surface area contributed by atoms with Crippen LogP contribution in [0.1, 0.15) is 33.6 Å². The summed E-state index contributed by atoms with van der Waals surface area (Å²) in [5.41, 5.74) is 4.45. The van der Waals surface area contributed by atoms with Crippen molar-refractivity contribution in [3.63, 3.8) is 0 Å². The van der Waals surface area contributed by atoms with E-state index in [1.807, 2.05) is 0 Å². The van der Waals surface area contributed by atoms with Crippen LogP contribution in [0.5, 0.6) is 11.5 Å². The number of hydrogen-bond donors (Lipinski definition) is 6. The molecule has 1 amide bonds. The minimum Gasteiger partial charge on any atom is -0.508 e. The van der Waals surface area contributed by atoms with Crippen LogP contribution in [-0.4, -0.2) is 88.1 Å². The molecule has 3 saturated heterocycles. The Morgan fingerprint density at radius 1 is 0.761 bits per heavy atom. The highest BCUT2D eigenvalue weighted by Crippen LogP contribution is 2.30. The Kier molecular flexibility index (Phi) is 7.50. The van der Waals surface area contributed by atoms with Gasteiger partial charge in [-0.05, 0) is 92.5 Å². The number of piperidine rings is 3. The first-order valence-corrected chi connectivity index (χ1v) is 14.9. The van der Waals surface area contributed by atoms with Crippen LogP contribution in [0.4, 0.5) is 0 Å².